The minimum Gasteiger partial charge on any atom is -0.0731 e. The predicted octanol–water partition coefficient (Wildman–Crippen LogP) is 5.92. The molecule has 0 N–H and O–H groups in total. The van der Waals surface area contributed by atoms with E-state index in [1.54, 1.807) is 11.1 Å². The van der Waals surface area contributed by atoms with Crippen LogP contribution in [0.1, 0.15) is 56.6 Å². The average molecular weight is 250 g/mol. The van der Waals surface area contributed by atoms with Crippen molar-refractivity contribution in [3.05, 3.63) is 53.6 Å². The highest BCUT2D eigenvalue weighted by molar-refractivity contribution is 5.93. The summed E-state index contributed by atoms with van der Waals surface area (Å²) < 4.78 is 0. The quantitative estimate of drug-likeness (QED) is 0.631. The van der Waals surface area contributed by atoms with Crippen molar-refractivity contribution in [3.8, 4) is 0 Å². The Balaban J connectivity index is 2.18. The van der Waals surface area contributed by atoms with Crippen LogP contribution in [0.25, 0.3) is 16.3 Å². The zero-order valence-corrected chi connectivity index (χ0v) is 11.9. The highest BCUT2D eigenvalue weighted by Gasteiger charge is 2.24. The van der Waals surface area contributed by atoms with Crippen LogP contribution in [0.4, 0.5) is 0 Å². The molecule has 0 heterocycles. The molecule has 0 spiro atoms. The maximum Gasteiger partial charge on any atom is 0.00360 e. The van der Waals surface area contributed by atoms with E-state index in [1.807, 2.05) is 0 Å². The average Bonchev–Trinajstić information content (AvgIpc) is 2.78. The summed E-state index contributed by atoms with van der Waals surface area (Å²) in [5.41, 5.74) is 4.67. The maximum atomic E-state index is 2.53. The second kappa shape index (κ2) is 5.21. The summed E-state index contributed by atoms with van der Waals surface area (Å²) in [7, 11) is 0. The normalized spacial score (nSPS) is 17.6. The van der Waals surface area contributed by atoms with Crippen molar-refractivity contribution in [2.24, 2.45) is 0 Å². The van der Waals surface area contributed by atoms with Crippen LogP contribution in [0.15, 0.2) is 42.5 Å². The molecule has 98 valence electrons. The van der Waals surface area contributed by atoms with E-state index in [2.05, 4.69) is 56.3 Å². The Morgan fingerprint density at radius 2 is 1.79 bits per heavy atom. The summed E-state index contributed by atoms with van der Waals surface area (Å²) >= 11 is 0. The molecule has 0 amide bonds. The van der Waals surface area contributed by atoms with E-state index in [0.29, 0.717) is 5.92 Å². The fraction of sp³-hybridized carbons (Fsp3) is 0.368. The molecule has 1 aliphatic carbocycles. The molecule has 1 aliphatic rings. The summed E-state index contributed by atoms with van der Waals surface area (Å²) in [4.78, 5) is 0. The zero-order valence-electron chi connectivity index (χ0n) is 11.9. The minimum absolute atomic E-state index is 0.632. The van der Waals surface area contributed by atoms with E-state index >= 15 is 0 Å². The zero-order chi connectivity index (χ0) is 13.2. The fourth-order valence-electron chi connectivity index (χ4n) is 3.42. The molecule has 2 aromatic rings. The van der Waals surface area contributed by atoms with Gasteiger partial charge in [-0.1, -0.05) is 69.2 Å². The van der Waals surface area contributed by atoms with Gasteiger partial charge in [-0.25, -0.2) is 0 Å². The third-order valence-electron chi connectivity index (χ3n) is 4.21. The van der Waals surface area contributed by atoms with Crippen molar-refractivity contribution in [3.63, 3.8) is 0 Å². The summed E-state index contributed by atoms with van der Waals surface area (Å²) in [6, 6.07) is 13.5. The lowest BCUT2D eigenvalue weighted by Gasteiger charge is -2.13. The van der Waals surface area contributed by atoms with Gasteiger partial charge in [0.05, 0.1) is 0 Å². The van der Waals surface area contributed by atoms with Gasteiger partial charge >= 0.3 is 0 Å². The number of benzene rings is 2. The Morgan fingerprint density at radius 3 is 2.58 bits per heavy atom. The van der Waals surface area contributed by atoms with E-state index < -0.39 is 0 Å². The van der Waals surface area contributed by atoms with Crippen LogP contribution in [0.3, 0.4) is 0 Å². The lowest BCUT2D eigenvalue weighted by Crippen LogP contribution is -1.94. The highest BCUT2D eigenvalue weighted by Crippen LogP contribution is 2.43. The van der Waals surface area contributed by atoms with Crippen molar-refractivity contribution in [1.82, 2.24) is 0 Å². The topological polar surface area (TPSA) is 0 Å². The maximum absolute atomic E-state index is 2.53. The smallest absolute Gasteiger partial charge is 0.00360 e. The SMILES string of the molecule is CCCC1=CC(CCC)c2c1ccc1ccccc21. The molecule has 0 saturated carbocycles. The summed E-state index contributed by atoms with van der Waals surface area (Å²) in [5.74, 6) is 0.632. The molecule has 0 nitrogen and oxygen atoms in total. The van der Waals surface area contributed by atoms with E-state index in [1.165, 1.54) is 42.0 Å². The molecule has 0 saturated heterocycles. The van der Waals surface area contributed by atoms with Crippen molar-refractivity contribution < 1.29 is 0 Å². The molecule has 2 aromatic carbocycles. The molecule has 1 unspecified atom stereocenters. The molecule has 0 fully saturated rings. The van der Waals surface area contributed by atoms with Gasteiger partial charge in [-0.2, -0.15) is 0 Å². The third-order valence-corrected chi connectivity index (χ3v) is 4.21. The van der Waals surface area contributed by atoms with Gasteiger partial charge in [0.25, 0.3) is 0 Å². The van der Waals surface area contributed by atoms with E-state index in [-0.39, 0.29) is 0 Å². The molecule has 19 heavy (non-hydrogen) atoms. The first-order valence-corrected chi connectivity index (χ1v) is 7.57. The molecule has 0 bridgehead atoms. The first-order valence-electron chi connectivity index (χ1n) is 7.57. The molecule has 1 atom stereocenters. The van der Waals surface area contributed by atoms with Gasteiger partial charge in [-0.3, -0.25) is 0 Å². The molecule has 0 radical (unpaired) electrons. The molecule has 0 aliphatic heterocycles. The number of rotatable bonds is 4. The van der Waals surface area contributed by atoms with Gasteiger partial charge in [-0.05, 0) is 40.3 Å². The summed E-state index contributed by atoms with van der Waals surface area (Å²) in [6.07, 6.45) is 7.50. The summed E-state index contributed by atoms with van der Waals surface area (Å²) in [6.45, 7) is 4.56. The largest absolute Gasteiger partial charge is 0.0731 e. The molecular formula is C19H22. The van der Waals surface area contributed by atoms with Gasteiger partial charge in [0, 0.05) is 5.92 Å². The first kappa shape index (κ1) is 12.5. The molecule has 0 aromatic heterocycles. The van der Waals surface area contributed by atoms with Gasteiger partial charge in [0.2, 0.25) is 0 Å². The Morgan fingerprint density at radius 1 is 0.947 bits per heavy atom. The predicted molar refractivity (Wildman–Crippen MR) is 84.5 cm³/mol. The minimum atomic E-state index is 0.632. The van der Waals surface area contributed by atoms with Crippen LogP contribution < -0.4 is 0 Å². The number of hydrogen-bond donors (Lipinski definition) is 0. The highest BCUT2D eigenvalue weighted by atomic mass is 14.3. The number of allylic oxidation sites excluding steroid dienone is 2. The lowest BCUT2D eigenvalue weighted by molar-refractivity contribution is 0.729. The van der Waals surface area contributed by atoms with Crippen LogP contribution in [-0.4, -0.2) is 0 Å². The second-order valence-corrected chi connectivity index (χ2v) is 5.59. The number of fused-ring (bicyclic) bond motifs is 3. The Bertz CT molecular complexity index is 619. The van der Waals surface area contributed by atoms with Crippen LogP contribution in [0.5, 0.6) is 0 Å². The second-order valence-electron chi connectivity index (χ2n) is 5.59. The lowest BCUT2D eigenvalue weighted by atomic mass is 9.91. The first-order chi connectivity index (χ1) is 9.35. The van der Waals surface area contributed by atoms with Gasteiger partial charge in [-0.15, -0.1) is 0 Å². The van der Waals surface area contributed by atoms with Crippen molar-refractivity contribution in [1.29, 1.82) is 0 Å². The third kappa shape index (κ3) is 2.10. The van der Waals surface area contributed by atoms with Crippen LogP contribution in [0.2, 0.25) is 0 Å². The summed E-state index contributed by atoms with van der Waals surface area (Å²) in [5, 5.41) is 2.84. The van der Waals surface area contributed by atoms with Gasteiger partial charge in [0.15, 0.2) is 0 Å². The van der Waals surface area contributed by atoms with Crippen molar-refractivity contribution in [2.45, 2.75) is 45.4 Å². The van der Waals surface area contributed by atoms with E-state index in [0.717, 1.165) is 0 Å². The van der Waals surface area contributed by atoms with Gasteiger partial charge in [0.1, 0.15) is 0 Å². The Kier molecular flexibility index (Phi) is 3.42. The van der Waals surface area contributed by atoms with Crippen LogP contribution in [-0.2, 0) is 0 Å². The van der Waals surface area contributed by atoms with Crippen molar-refractivity contribution >= 4 is 16.3 Å². The fourth-order valence-corrected chi connectivity index (χ4v) is 3.42. The van der Waals surface area contributed by atoms with Crippen LogP contribution >= 0.6 is 0 Å². The number of hydrogen-bond acceptors (Lipinski definition) is 0. The van der Waals surface area contributed by atoms with E-state index in [4.69, 9.17) is 0 Å². The van der Waals surface area contributed by atoms with Crippen molar-refractivity contribution in [2.75, 3.05) is 0 Å². The molecule has 0 heteroatoms. The van der Waals surface area contributed by atoms with Crippen LogP contribution in [0, 0.1) is 0 Å². The Hall–Kier alpha value is -1.56. The van der Waals surface area contributed by atoms with E-state index in [9.17, 15) is 0 Å². The monoisotopic (exact) mass is 250 g/mol. The Labute approximate surface area is 116 Å². The van der Waals surface area contributed by atoms with Gasteiger partial charge < -0.3 is 0 Å². The molecule has 3 rings (SSSR count). The molecular weight excluding hydrogens is 228 g/mol. The standard InChI is InChI=1S/C19H22/c1-3-7-15-13-16(8-4-2)19-17-10-6-5-9-14(17)11-12-18(15)19/h5-6,9-13,16H,3-4,7-8H2,1-2H3.